The highest BCUT2D eigenvalue weighted by atomic mass is 16.8. The fourth-order valence-electron chi connectivity index (χ4n) is 9.60. The predicted molar refractivity (Wildman–Crippen MR) is 293 cm³/mol. The number of aliphatic hydroxyl groups excluding tert-OH is 20. The lowest BCUT2D eigenvalue weighted by Crippen LogP contribution is -2.62. The van der Waals surface area contributed by atoms with Gasteiger partial charge in [0.1, 0.15) is 146 Å². The van der Waals surface area contributed by atoms with Gasteiger partial charge in [-0.05, 0) is 27.7 Å². The van der Waals surface area contributed by atoms with Crippen molar-refractivity contribution in [3.8, 4) is 0 Å². The molecule has 0 aromatic heterocycles. The number of hydrogen-bond donors (Lipinski definition) is 20. The second-order valence-electron chi connectivity index (χ2n) is 22.2. The number of carbonyl (C=O) groups excluding carboxylic acids is 2. The number of hydrogen-bond acceptors (Lipinski definition) is 34. The van der Waals surface area contributed by atoms with Gasteiger partial charge in [0.25, 0.3) is 0 Å². The zero-order valence-electron chi connectivity index (χ0n) is 49.0. The zero-order chi connectivity index (χ0) is 66.6. The summed E-state index contributed by atoms with van der Waals surface area (Å²) < 4.78 is 65.2. The minimum absolute atomic E-state index is 0.0127. The number of rotatable bonds is 24. The van der Waals surface area contributed by atoms with E-state index in [2.05, 4.69) is 0 Å². The molecule has 0 aliphatic carbocycles. The van der Waals surface area contributed by atoms with Crippen LogP contribution in [0, 0.1) is 0 Å². The summed E-state index contributed by atoms with van der Waals surface area (Å²) in [7, 11) is 0. The van der Waals surface area contributed by atoms with Gasteiger partial charge < -0.3 is 159 Å². The molecular weight excluding hydrogens is 1220 g/mol. The van der Waals surface area contributed by atoms with E-state index in [-0.39, 0.29) is 11.1 Å². The summed E-state index contributed by atoms with van der Waals surface area (Å²) in [6.45, 7) is 2.00. The number of allylic oxidation sites excluding steroid dienone is 12. The Labute approximate surface area is 514 Å². The second kappa shape index (κ2) is 34.4. The smallest absolute Gasteiger partial charge is 0.336 e. The fraction of sp³-hybridized carbons (Fsp3) is 0.714. The highest BCUT2D eigenvalue weighted by molar-refractivity contribution is 5.88. The molecule has 6 rings (SSSR count). The Kier molecular flexibility index (Phi) is 28.6. The Morgan fingerprint density at radius 1 is 0.300 bits per heavy atom. The third kappa shape index (κ3) is 18.9. The molecule has 6 aliphatic heterocycles. The molecule has 0 amide bonds. The van der Waals surface area contributed by atoms with Crippen molar-refractivity contribution in [1.82, 2.24) is 0 Å². The fourth-order valence-corrected chi connectivity index (χ4v) is 9.60. The first-order valence-electron chi connectivity index (χ1n) is 28.5. The van der Waals surface area contributed by atoms with Crippen LogP contribution in [0.4, 0.5) is 0 Å². The second-order valence-corrected chi connectivity index (χ2v) is 22.2. The van der Waals surface area contributed by atoms with Gasteiger partial charge >= 0.3 is 11.9 Å². The Hall–Kier alpha value is -4.08. The molecule has 6 saturated heterocycles. The van der Waals surface area contributed by atoms with E-state index in [9.17, 15) is 112 Å². The van der Waals surface area contributed by atoms with Gasteiger partial charge in [0, 0.05) is 11.1 Å². The van der Waals surface area contributed by atoms with Gasteiger partial charge in [0.15, 0.2) is 25.2 Å². The summed E-state index contributed by atoms with van der Waals surface area (Å²) in [5.41, 5.74) is 1.46. The quantitative estimate of drug-likeness (QED) is 0.0242. The molecular formula is C56H84O34. The van der Waals surface area contributed by atoms with E-state index in [0.29, 0.717) is 0 Å². The van der Waals surface area contributed by atoms with Crippen LogP contribution in [-0.2, 0) is 66.4 Å². The topological polar surface area (TPSA) is 550 Å². The number of carbonyl (C=O) groups is 2. The standard InChI is InChI=1S/C56H84O34/c1-21(11-7-13-23(3)49(77)89-55-47(75)41(69)35(63)29(87-55)19-81-53-45(73)39(67)33(61)27(85-53)17-79-51-43(71)37(65)31(59)25(15-57)83-51)9-5-6-10-22(2)12-8-14-24(4)50(78)90-56-48(76)42(70)36(64)30(88-56)20-82-54-46(74)40(68)34(62)28(86-54)18-80-52-44(72)38(66)32(60)26(16-58)84-52/h5-14,25-48,51-76H,15-20H2,1-4H3/b6-5+,11-7+,12-8+,21-9+,22-10+,23-13+,24-14+/t25-,26-,27-,28-,29-,30-,31-,32-,33-,34-,35-,36-,37+,38+,39+,40+,41+,42+,43-,44-,45-,46-,47-,48-,51-,52-,53-,54-,55+,56+/m1/s1. The summed E-state index contributed by atoms with van der Waals surface area (Å²) in [6, 6.07) is 0. The van der Waals surface area contributed by atoms with Crippen LogP contribution in [0.25, 0.3) is 0 Å². The van der Waals surface area contributed by atoms with Crippen molar-refractivity contribution in [3.05, 3.63) is 83.1 Å². The summed E-state index contributed by atoms with van der Waals surface area (Å²) in [5.74, 6) is -1.99. The average molecular weight is 1300 g/mol. The maximum absolute atomic E-state index is 13.0. The van der Waals surface area contributed by atoms with Crippen molar-refractivity contribution in [2.45, 2.75) is 212 Å². The number of esters is 2. The first kappa shape index (κ1) is 75.0. The van der Waals surface area contributed by atoms with Crippen molar-refractivity contribution >= 4 is 11.9 Å². The molecule has 90 heavy (non-hydrogen) atoms. The highest BCUT2D eigenvalue weighted by Gasteiger charge is 2.52. The predicted octanol–water partition coefficient (Wildman–Crippen LogP) is -9.58. The largest absolute Gasteiger partial charge is 0.429 e. The highest BCUT2D eigenvalue weighted by Crippen LogP contribution is 2.31. The molecule has 6 heterocycles. The van der Waals surface area contributed by atoms with Gasteiger partial charge in [-0.25, -0.2) is 9.59 Å². The maximum atomic E-state index is 13.0. The van der Waals surface area contributed by atoms with Gasteiger partial charge in [-0.15, -0.1) is 0 Å². The van der Waals surface area contributed by atoms with E-state index in [4.69, 9.17) is 56.8 Å². The molecule has 0 aromatic rings. The molecule has 0 bridgehead atoms. The van der Waals surface area contributed by atoms with Crippen molar-refractivity contribution < 1.29 is 169 Å². The van der Waals surface area contributed by atoms with Gasteiger partial charge in [0.05, 0.1) is 39.6 Å². The average Bonchev–Trinajstić information content (AvgIpc) is 1.68. The van der Waals surface area contributed by atoms with Crippen LogP contribution in [0.5, 0.6) is 0 Å². The lowest BCUT2D eigenvalue weighted by Gasteiger charge is -2.43. The molecule has 34 heteroatoms. The van der Waals surface area contributed by atoms with Gasteiger partial charge in [-0.2, -0.15) is 0 Å². The van der Waals surface area contributed by atoms with Gasteiger partial charge in [-0.1, -0.05) is 71.9 Å². The SMILES string of the molecule is CC(/C=C/C=C(\C)C(=O)O[C@@H]1O[C@H](CO[C@@H]2O[C@H](CO[C@@H]3O[C@H](CO)[C@@H](O)[C@H](O)[C@H]3O)[C@@H](O)[C@H](O)[C@H]2O)[C@@H](O)[C@H](O)[C@H]1O)=C\C=C\C=C(C)\C=C\C=C(/C)C(=O)O[C@@H]1O[C@H](CO[C@@H]2O[C@H](CO[C@@H]3O[C@H](CO)[C@@H](O)[C@H](O)[C@H]3O)[C@@H](O)[C@H](O)[C@H]2O)[C@@H](O)[C@H](O)[C@H]1O. The van der Waals surface area contributed by atoms with Crippen molar-refractivity contribution in [1.29, 1.82) is 0 Å². The van der Waals surface area contributed by atoms with Crippen LogP contribution in [0.3, 0.4) is 0 Å². The number of aliphatic hydroxyl groups is 20. The van der Waals surface area contributed by atoms with Crippen LogP contribution < -0.4 is 0 Å². The zero-order valence-corrected chi connectivity index (χ0v) is 49.0. The molecule has 512 valence electrons. The van der Waals surface area contributed by atoms with E-state index < -0.39 is 236 Å². The molecule has 34 nitrogen and oxygen atoms in total. The third-order valence-electron chi connectivity index (χ3n) is 15.4. The van der Waals surface area contributed by atoms with Crippen LogP contribution >= 0.6 is 0 Å². The molecule has 0 unspecified atom stereocenters. The minimum Gasteiger partial charge on any atom is -0.429 e. The van der Waals surface area contributed by atoms with E-state index in [1.165, 1.54) is 38.2 Å². The first-order chi connectivity index (χ1) is 42.5. The van der Waals surface area contributed by atoms with E-state index >= 15 is 0 Å². The van der Waals surface area contributed by atoms with Crippen LogP contribution in [0.2, 0.25) is 0 Å². The maximum Gasteiger partial charge on any atom is 0.336 e. The van der Waals surface area contributed by atoms with Crippen molar-refractivity contribution in [3.63, 3.8) is 0 Å². The van der Waals surface area contributed by atoms with Gasteiger partial charge in [0.2, 0.25) is 12.6 Å². The Morgan fingerprint density at radius 3 is 0.778 bits per heavy atom. The molecule has 0 saturated carbocycles. The van der Waals surface area contributed by atoms with E-state index in [1.54, 1.807) is 50.3 Å². The molecule has 6 aliphatic rings. The monoisotopic (exact) mass is 1300 g/mol. The van der Waals surface area contributed by atoms with Gasteiger partial charge in [-0.3, -0.25) is 0 Å². The van der Waals surface area contributed by atoms with Crippen LogP contribution in [-0.4, -0.2) is 338 Å². The normalized spacial score (nSPS) is 43.7. The van der Waals surface area contributed by atoms with E-state index in [1.807, 2.05) is 0 Å². The molecule has 0 radical (unpaired) electrons. The molecule has 0 aromatic carbocycles. The summed E-state index contributed by atoms with van der Waals surface area (Å²) in [6.07, 6.45) is -36.6. The summed E-state index contributed by atoms with van der Waals surface area (Å²) in [5, 5.41) is 207. The summed E-state index contributed by atoms with van der Waals surface area (Å²) >= 11 is 0. The number of ether oxygens (including phenoxy) is 12. The summed E-state index contributed by atoms with van der Waals surface area (Å²) in [4.78, 5) is 26.1. The lowest BCUT2D eigenvalue weighted by molar-refractivity contribution is -0.340. The van der Waals surface area contributed by atoms with Crippen LogP contribution in [0.1, 0.15) is 27.7 Å². The Balaban J connectivity index is 0.932. The molecule has 30 atom stereocenters. The Morgan fingerprint density at radius 2 is 0.522 bits per heavy atom. The lowest BCUT2D eigenvalue weighted by atomic mass is 9.98. The van der Waals surface area contributed by atoms with Crippen molar-refractivity contribution in [2.24, 2.45) is 0 Å². The third-order valence-corrected chi connectivity index (χ3v) is 15.4. The molecule has 20 N–H and O–H groups in total. The molecule has 0 spiro atoms. The Bertz CT molecular complexity index is 2340. The van der Waals surface area contributed by atoms with Crippen LogP contribution in [0.15, 0.2) is 83.1 Å². The van der Waals surface area contributed by atoms with E-state index in [0.717, 1.165) is 11.1 Å². The minimum atomic E-state index is -1.95. The first-order valence-corrected chi connectivity index (χ1v) is 28.5. The molecule has 6 fully saturated rings. The van der Waals surface area contributed by atoms with Crippen molar-refractivity contribution in [2.75, 3.05) is 39.6 Å².